The van der Waals surface area contributed by atoms with E-state index in [1.54, 1.807) is 0 Å². The second-order valence-corrected chi connectivity index (χ2v) is 9.52. The van der Waals surface area contributed by atoms with E-state index in [0.29, 0.717) is 0 Å². The summed E-state index contributed by atoms with van der Waals surface area (Å²) < 4.78 is 33.2. The summed E-state index contributed by atoms with van der Waals surface area (Å²) >= 11 is 0. The number of aliphatic hydroxyl groups is 3. The molecular formula is C12H22N5O17P3. The van der Waals surface area contributed by atoms with E-state index in [9.17, 15) is 20.1 Å². The summed E-state index contributed by atoms with van der Waals surface area (Å²) in [6.45, 7) is -0.551. The Labute approximate surface area is 204 Å². The van der Waals surface area contributed by atoms with Crippen molar-refractivity contribution in [3.05, 3.63) is 16.7 Å². The minimum absolute atomic E-state index is 0.0286. The van der Waals surface area contributed by atoms with Gasteiger partial charge in [-0.2, -0.15) is 4.98 Å². The summed E-state index contributed by atoms with van der Waals surface area (Å²) in [6.07, 6.45) is 2.59. The van der Waals surface area contributed by atoms with Crippen LogP contribution in [0.15, 0.2) is 11.1 Å². The van der Waals surface area contributed by atoms with Gasteiger partial charge in [-0.3, -0.25) is 14.3 Å². The minimum Gasteiger partial charge on any atom is -0.394 e. The van der Waals surface area contributed by atoms with Crippen LogP contribution in [0.4, 0.5) is 5.95 Å². The number of nitrogen functional groups attached to an aromatic ring is 1. The second-order valence-electron chi connectivity index (χ2n) is 6.44. The zero-order chi connectivity index (χ0) is 29.6. The standard InChI is InChI=1S/C12H13N5O5.3H3O4P/c1-2-12(21)7(19)5(3-18)22-10(12)17-4-14-6-8(17)15-11(13)16-9(6)20;3*1-5(2,3)4/h1,4-5,7,10,18-19,21H,3H2,(H3,13,15,16,20);3*(H3,1,2,3,4)/t5-,7-,10-,12-;;;/m1.../s1. The molecule has 0 aliphatic carbocycles. The van der Waals surface area contributed by atoms with Crippen LogP contribution < -0.4 is 11.3 Å². The van der Waals surface area contributed by atoms with E-state index in [-0.39, 0.29) is 17.1 Å². The molecule has 1 saturated heterocycles. The lowest BCUT2D eigenvalue weighted by atomic mass is 9.95. The Balaban J connectivity index is 0.000000711. The molecule has 1 fully saturated rings. The summed E-state index contributed by atoms with van der Waals surface area (Å²) in [4.78, 5) is 86.5. The monoisotopic (exact) mass is 601 g/mol. The van der Waals surface area contributed by atoms with Gasteiger partial charge in [0.05, 0.1) is 12.9 Å². The van der Waals surface area contributed by atoms with E-state index in [1.165, 1.54) is 10.9 Å². The first-order valence-electron chi connectivity index (χ1n) is 8.64. The van der Waals surface area contributed by atoms with Crippen molar-refractivity contribution in [2.75, 3.05) is 12.3 Å². The zero-order valence-corrected chi connectivity index (χ0v) is 20.4. The fourth-order valence-electron chi connectivity index (χ4n) is 2.47. The number of nitrogens with two attached hydrogens (primary N) is 1. The molecule has 1 aliphatic heterocycles. The highest BCUT2D eigenvalue weighted by molar-refractivity contribution is 7.45. The van der Waals surface area contributed by atoms with Crippen LogP contribution in [-0.2, 0) is 18.4 Å². The summed E-state index contributed by atoms with van der Waals surface area (Å²) in [5.41, 5.74) is 2.80. The number of H-pyrrole nitrogens is 1. The molecule has 37 heavy (non-hydrogen) atoms. The number of nitrogens with one attached hydrogen (secondary N) is 1. The number of nitrogens with zero attached hydrogens (tertiary/aromatic N) is 3. The van der Waals surface area contributed by atoms with Gasteiger partial charge in [0.15, 0.2) is 23.0 Å². The first-order valence-corrected chi connectivity index (χ1v) is 13.3. The number of hydrogen-bond acceptors (Lipinski definition) is 11. The first kappa shape index (κ1) is 34.9. The van der Waals surface area contributed by atoms with Crippen LogP contribution in [0, 0.1) is 12.3 Å². The van der Waals surface area contributed by atoms with Gasteiger partial charge in [-0.1, -0.05) is 5.92 Å². The van der Waals surface area contributed by atoms with Gasteiger partial charge in [0.1, 0.15) is 12.2 Å². The van der Waals surface area contributed by atoms with Gasteiger partial charge in [-0.15, -0.1) is 6.42 Å². The maximum Gasteiger partial charge on any atom is 0.466 e. The van der Waals surface area contributed by atoms with Crippen molar-refractivity contribution in [3.63, 3.8) is 0 Å². The van der Waals surface area contributed by atoms with Crippen LogP contribution in [-0.4, -0.2) is 103 Å². The molecular weight excluding hydrogens is 579 g/mol. The fourth-order valence-corrected chi connectivity index (χ4v) is 2.47. The van der Waals surface area contributed by atoms with E-state index < -0.39 is 59.7 Å². The lowest BCUT2D eigenvalue weighted by Crippen LogP contribution is -2.45. The third-order valence-corrected chi connectivity index (χ3v) is 3.60. The SMILES string of the molecule is C#C[C@@]1(O)[C@H](O)[C@@H](CO)O[C@H]1n1cnc2c(=O)[nH]c(N)nc21.O=P(O)(O)O.O=P(O)(O)O.O=P(O)(O)O. The molecule has 0 radical (unpaired) electrons. The smallest absolute Gasteiger partial charge is 0.394 e. The third kappa shape index (κ3) is 12.8. The maximum absolute atomic E-state index is 11.8. The molecule has 4 atom stereocenters. The van der Waals surface area contributed by atoms with Gasteiger partial charge in [-0.05, 0) is 0 Å². The summed E-state index contributed by atoms with van der Waals surface area (Å²) in [7, 11) is -13.9. The molecule has 0 bridgehead atoms. The predicted molar refractivity (Wildman–Crippen MR) is 116 cm³/mol. The van der Waals surface area contributed by atoms with Crippen molar-refractivity contribution < 1.29 is 77.8 Å². The number of fused-ring (bicyclic) bond motifs is 1. The van der Waals surface area contributed by atoms with E-state index in [2.05, 4.69) is 20.9 Å². The van der Waals surface area contributed by atoms with Gasteiger partial charge < -0.3 is 69.8 Å². The number of rotatable bonds is 2. The van der Waals surface area contributed by atoms with Crippen LogP contribution in [0.3, 0.4) is 0 Å². The highest BCUT2D eigenvalue weighted by Gasteiger charge is 2.55. The molecule has 2 aromatic heterocycles. The molecule has 3 rings (SSSR count). The number of anilines is 1. The Kier molecular flexibility index (Phi) is 12.3. The Bertz CT molecular complexity index is 1220. The van der Waals surface area contributed by atoms with Gasteiger partial charge >= 0.3 is 23.5 Å². The molecule has 22 nitrogen and oxygen atoms in total. The normalized spacial score (nSPS) is 23.5. The number of terminal acetylenes is 1. The Morgan fingerprint density at radius 2 is 1.51 bits per heavy atom. The predicted octanol–water partition coefficient (Wildman–Crippen LogP) is -5.47. The molecule has 0 amide bonds. The van der Waals surface area contributed by atoms with E-state index in [4.69, 9.17) is 74.6 Å². The van der Waals surface area contributed by atoms with E-state index in [0.717, 1.165) is 0 Å². The lowest BCUT2D eigenvalue weighted by Gasteiger charge is -2.26. The average molecular weight is 601 g/mol. The molecule has 3 heterocycles. The number of aliphatic hydroxyl groups excluding tert-OH is 2. The molecule has 212 valence electrons. The van der Waals surface area contributed by atoms with E-state index >= 15 is 0 Å². The second kappa shape index (κ2) is 13.1. The van der Waals surface area contributed by atoms with Crippen LogP contribution >= 0.6 is 23.5 Å². The van der Waals surface area contributed by atoms with Crippen LogP contribution in [0.25, 0.3) is 11.2 Å². The van der Waals surface area contributed by atoms with Crippen molar-refractivity contribution in [2.45, 2.75) is 24.0 Å². The van der Waals surface area contributed by atoms with Crippen LogP contribution in [0.1, 0.15) is 6.23 Å². The highest BCUT2D eigenvalue weighted by Crippen LogP contribution is 2.39. The number of aromatic amines is 1. The highest BCUT2D eigenvalue weighted by atomic mass is 31.2. The fraction of sp³-hybridized carbons (Fsp3) is 0.417. The topological polar surface area (TPSA) is 393 Å². The van der Waals surface area contributed by atoms with Crippen molar-refractivity contribution in [1.82, 2.24) is 19.5 Å². The van der Waals surface area contributed by atoms with Crippen molar-refractivity contribution >= 4 is 40.6 Å². The number of phosphoric acid groups is 3. The lowest BCUT2D eigenvalue weighted by molar-refractivity contribution is -0.0721. The Morgan fingerprint density at radius 3 is 1.89 bits per heavy atom. The molecule has 25 heteroatoms. The van der Waals surface area contributed by atoms with Crippen LogP contribution in [0.2, 0.25) is 0 Å². The molecule has 15 N–H and O–H groups in total. The van der Waals surface area contributed by atoms with E-state index in [1.807, 2.05) is 0 Å². The number of imidazole rings is 1. The number of hydrogen-bond donors (Lipinski definition) is 14. The summed E-state index contributed by atoms with van der Waals surface area (Å²) in [6, 6.07) is 0. The number of ether oxygens (including phenoxy) is 1. The molecule has 2 aromatic rings. The van der Waals surface area contributed by atoms with Crippen molar-refractivity contribution in [2.24, 2.45) is 0 Å². The quantitative estimate of drug-likeness (QED) is 0.113. The van der Waals surface area contributed by atoms with Gasteiger partial charge in [0.2, 0.25) is 5.95 Å². The van der Waals surface area contributed by atoms with Gasteiger partial charge in [0, 0.05) is 0 Å². The average Bonchev–Trinajstić information content (AvgIpc) is 3.17. The summed E-state index contributed by atoms with van der Waals surface area (Å²) in [5.74, 6) is 1.91. The third-order valence-electron chi connectivity index (χ3n) is 3.60. The largest absolute Gasteiger partial charge is 0.466 e. The molecule has 0 saturated carbocycles. The van der Waals surface area contributed by atoms with Crippen LogP contribution in [0.5, 0.6) is 0 Å². The zero-order valence-electron chi connectivity index (χ0n) is 17.8. The van der Waals surface area contributed by atoms with Gasteiger partial charge in [-0.25, -0.2) is 18.7 Å². The molecule has 0 unspecified atom stereocenters. The van der Waals surface area contributed by atoms with Gasteiger partial charge in [0.25, 0.3) is 5.56 Å². The van der Waals surface area contributed by atoms with Crippen molar-refractivity contribution in [3.8, 4) is 12.3 Å². The Hall–Kier alpha value is -2.12. The molecule has 1 aliphatic rings. The molecule has 0 aromatic carbocycles. The molecule has 0 spiro atoms. The maximum atomic E-state index is 11.8. The van der Waals surface area contributed by atoms with Crippen molar-refractivity contribution in [1.29, 1.82) is 0 Å². The first-order chi connectivity index (χ1) is 16.4. The summed E-state index contributed by atoms with van der Waals surface area (Å²) in [5, 5.41) is 29.7. The Morgan fingerprint density at radius 1 is 1.08 bits per heavy atom. The number of aromatic nitrogens is 4. The minimum atomic E-state index is -4.64.